The van der Waals surface area contributed by atoms with Crippen LogP contribution in [0.5, 0.6) is 0 Å². The van der Waals surface area contributed by atoms with Gasteiger partial charge in [-0.2, -0.15) is 0 Å². The number of aromatic nitrogens is 1. The van der Waals surface area contributed by atoms with Crippen molar-refractivity contribution in [3.8, 4) is 11.3 Å². The minimum atomic E-state index is 0.770. The number of aryl methyl sites for hydroxylation is 1. The van der Waals surface area contributed by atoms with Crippen LogP contribution in [-0.4, -0.2) is 4.98 Å². The van der Waals surface area contributed by atoms with E-state index in [-0.39, 0.29) is 0 Å². The molecule has 2 heteroatoms. The van der Waals surface area contributed by atoms with Crippen LogP contribution in [0.4, 0.5) is 0 Å². The van der Waals surface area contributed by atoms with Crippen LogP contribution >= 0.6 is 11.6 Å². The second kappa shape index (κ2) is 3.27. The number of hydrogen-bond acceptors (Lipinski definition) is 0. The predicted octanol–water partition coefficient (Wildman–Crippen LogP) is 3.64. The summed E-state index contributed by atoms with van der Waals surface area (Å²) < 4.78 is 0. The molecule has 1 N–H and O–H groups in total. The van der Waals surface area contributed by atoms with E-state index in [9.17, 15) is 0 Å². The first-order chi connectivity index (χ1) is 6.25. The SMILES string of the molecule is Cc1ccc(-c2ccc(Cl)cc2)[nH]1. The lowest BCUT2D eigenvalue weighted by Gasteiger charge is -1.97. The van der Waals surface area contributed by atoms with E-state index in [0.717, 1.165) is 16.3 Å². The Morgan fingerprint density at radius 3 is 2.23 bits per heavy atom. The zero-order valence-electron chi connectivity index (χ0n) is 7.34. The summed E-state index contributed by atoms with van der Waals surface area (Å²) in [4.78, 5) is 3.27. The van der Waals surface area contributed by atoms with Gasteiger partial charge >= 0.3 is 0 Å². The minimum Gasteiger partial charge on any atom is -0.359 e. The molecule has 2 aromatic rings. The molecular formula is C11H10ClN. The predicted molar refractivity (Wildman–Crippen MR) is 56.0 cm³/mol. The van der Waals surface area contributed by atoms with Crippen LogP contribution in [0.25, 0.3) is 11.3 Å². The lowest BCUT2D eigenvalue weighted by Crippen LogP contribution is -1.76. The van der Waals surface area contributed by atoms with Crippen molar-refractivity contribution in [1.29, 1.82) is 0 Å². The topological polar surface area (TPSA) is 15.8 Å². The summed E-state index contributed by atoms with van der Waals surface area (Å²) in [6.45, 7) is 2.04. The third kappa shape index (κ3) is 1.76. The smallest absolute Gasteiger partial charge is 0.0455 e. The van der Waals surface area contributed by atoms with Gasteiger partial charge in [0, 0.05) is 16.4 Å². The summed E-state index contributed by atoms with van der Waals surface area (Å²) in [6.07, 6.45) is 0. The molecule has 0 bridgehead atoms. The number of rotatable bonds is 1. The van der Waals surface area contributed by atoms with Crippen LogP contribution in [0, 0.1) is 6.92 Å². The molecule has 2 rings (SSSR count). The monoisotopic (exact) mass is 191 g/mol. The van der Waals surface area contributed by atoms with Gasteiger partial charge in [0.2, 0.25) is 0 Å². The molecule has 1 aromatic carbocycles. The normalized spacial score (nSPS) is 10.3. The van der Waals surface area contributed by atoms with Crippen molar-refractivity contribution in [3.05, 3.63) is 47.1 Å². The molecule has 0 atom stereocenters. The second-order valence-electron chi connectivity index (χ2n) is 3.06. The lowest BCUT2D eigenvalue weighted by molar-refractivity contribution is 1.27. The number of H-pyrrole nitrogens is 1. The van der Waals surface area contributed by atoms with Crippen LogP contribution in [-0.2, 0) is 0 Å². The quantitative estimate of drug-likeness (QED) is 0.709. The summed E-state index contributed by atoms with van der Waals surface area (Å²) in [7, 11) is 0. The van der Waals surface area contributed by atoms with Gasteiger partial charge in [0.1, 0.15) is 0 Å². The van der Waals surface area contributed by atoms with Gasteiger partial charge in [-0.3, -0.25) is 0 Å². The van der Waals surface area contributed by atoms with E-state index < -0.39 is 0 Å². The molecule has 0 fully saturated rings. The average molecular weight is 192 g/mol. The molecule has 0 spiro atoms. The van der Waals surface area contributed by atoms with E-state index in [0.29, 0.717) is 0 Å². The minimum absolute atomic E-state index is 0.770. The Hall–Kier alpha value is -1.21. The van der Waals surface area contributed by atoms with Gasteiger partial charge in [-0.1, -0.05) is 23.7 Å². The maximum Gasteiger partial charge on any atom is 0.0455 e. The fraction of sp³-hybridized carbons (Fsp3) is 0.0909. The highest BCUT2D eigenvalue weighted by Gasteiger charge is 1.98. The number of benzene rings is 1. The van der Waals surface area contributed by atoms with Gasteiger partial charge in [-0.25, -0.2) is 0 Å². The molecule has 0 saturated heterocycles. The van der Waals surface area contributed by atoms with Gasteiger partial charge in [0.15, 0.2) is 0 Å². The molecule has 0 radical (unpaired) electrons. The van der Waals surface area contributed by atoms with E-state index in [1.807, 2.05) is 31.2 Å². The van der Waals surface area contributed by atoms with Crippen molar-refractivity contribution in [2.24, 2.45) is 0 Å². The molecular weight excluding hydrogens is 182 g/mol. The van der Waals surface area contributed by atoms with E-state index in [1.165, 1.54) is 5.69 Å². The van der Waals surface area contributed by atoms with Crippen LogP contribution in [0.2, 0.25) is 5.02 Å². The fourth-order valence-corrected chi connectivity index (χ4v) is 1.43. The summed E-state index contributed by atoms with van der Waals surface area (Å²) in [5, 5.41) is 0.770. The molecule has 0 unspecified atom stereocenters. The van der Waals surface area contributed by atoms with E-state index in [1.54, 1.807) is 0 Å². The Balaban J connectivity index is 2.41. The summed E-state index contributed by atoms with van der Waals surface area (Å²) in [5.41, 5.74) is 3.47. The van der Waals surface area contributed by atoms with Crippen molar-refractivity contribution in [3.63, 3.8) is 0 Å². The molecule has 1 nitrogen and oxygen atoms in total. The van der Waals surface area contributed by atoms with Crippen molar-refractivity contribution in [2.75, 3.05) is 0 Å². The first-order valence-electron chi connectivity index (χ1n) is 4.17. The maximum atomic E-state index is 5.79. The summed E-state index contributed by atoms with van der Waals surface area (Å²) in [5.74, 6) is 0. The third-order valence-corrected chi connectivity index (χ3v) is 2.24. The Morgan fingerprint density at radius 2 is 1.69 bits per heavy atom. The molecule has 0 aliphatic carbocycles. The largest absolute Gasteiger partial charge is 0.359 e. The number of halogens is 1. The first kappa shape index (κ1) is 8.39. The number of aromatic amines is 1. The summed E-state index contributed by atoms with van der Waals surface area (Å²) in [6, 6.07) is 11.9. The highest BCUT2D eigenvalue weighted by molar-refractivity contribution is 6.30. The molecule has 66 valence electrons. The van der Waals surface area contributed by atoms with E-state index in [4.69, 9.17) is 11.6 Å². The third-order valence-electron chi connectivity index (χ3n) is 1.99. The Morgan fingerprint density at radius 1 is 1.00 bits per heavy atom. The van der Waals surface area contributed by atoms with E-state index >= 15 is 0 Å². The number of nitrogens with one attached hydrogen (secondary N) is 1. The Bertz CT molecular complexity index is 400. The fourth-order valence-electron chi connectivity index (χ4n) is 1.30. The lowest BCUT2D eigenvalue weighted by atomic mass is 10.2. The zero-order chi connectivity index (χ0) is 9.26. The van der Waals surface area contributed by atoms with Gasteiger partial charge < -0.3 is 4.98 Å². The highest BCUT2D eigenvalue weighted by Crippen LogP contribution is 2.20. The van der Waals surface area contributed by atoms with E-state index in [2.05, 4.69) is 17.1 Å². The summed E-state index contributed by atoms with van der Waals surface area (Å²) >= 11 is 5.79. The van der Waals surface area contributed by atoms with Crippen LogP contribution in [0.1, 0.15) is 5.69 Å². The highest BCUT2D eigenvalue weighted by atomic mass is 35.5. The molecule has 1 aromatic heterocycles. The zero-order valence-corrected chi connectivity index (χ0v) is 8.10. The number of hydrogen-bond donors (Lipinski definition) is 1. The molecule has 13 heavy (non-hydrogen) atoms. The maximum absolute atomic E-state index is 5.79. The molecule has 0 aliphatic rings. The molecule has 0 amide bonds. The molecule has 0 saturated carbocycles. The van der Waals surface area contributed by atoms with Crippen molar-refractivity contribution in [1.82, 2.24) is 4.98 Å². The van der Waals surface area contributed by atoms with Crippen LogP contribution in [0.15, 0.2) is 36.4 Å². The van der Waals surface area contributed by atoms with Gasteiger partial charge in [-0.05, 0) is 36.8 Å². The van der Waals surface area contributed by atoms with Crippen molar-refractivity contribution in [2.45, 2.75) is 6.92 Å². The van der Waals surface area contributed by atoms with Crippen LogP contribution in [0.3, 0.4) is 0 Å². The van der Waals surface area contributed by atoms with Crippen molar-refractivity contribution >= 4 is 11.6 Å². The van der Waals surface area contributed by atoms with Gasteiger partial charge in [0.25, 0.3) is 0 Å². The average Bonchev–Trinajstić information content (AvgIpc) is 2.53. The standard InChI is InChI=1S/C11H10ClN/c1-8-2-7-11(13-8)9-3-5-10(12)6-4-9/h2-7,13H,1H3. The Labute approximate surface area is 82.4 Å². The van der Waals surface area contributed by atoms with Crippen LogP contribution < -0.4 is 0 Å². The first-order valence-corrected chi connectivity index (χ1v) is 4.55. The Kier molecular flexibility index (Phi) is 2.11. The molecule has 1 heterocycles. The van der Waals surface area contributed by atoms with Gasteiger partial charge in [0.05, 0.1) is 0 Å². The second-order valence-corrected chi connectivity index (χ2v) is 3.50. The van der Waals surface area contributed by atoms with Crippen molar-refractivity contribution < 1.29 is 0 Å². The molecule has 0 aliphatic heterocycles. The van der Waals surface area contributed by atoms with Gasteiger partial charge in [-0.15, -0.1) is 0 Å².